The van der Waals surface area contributed by atoms with Gasteiger partial charge in [0, 0.05) is 13.1 Å². The zero-order chi connectivity index (χ0) is 12.4. The van der Waals surface area contributed by atoms with E-state index in [-0.39, 0.29) is 17.9 Å². The van der Waals surface area contributed by atoms with E-state index >= 15 is 0 Å². The summed E-state index contributed by atoms with van der Waals surface area (Å²) in [5, 5.41) is 11.7. The molecule has 92 valence electrons. The summed E-state index contributed by atoms with van der Waals surface area (Å²) in [5.74, 6) is -1.30. The first-order chi connectivity index (χ1) is 8.08. The van der Waals surface area contributed by atoms with E-state index in [0.717, 1.165) is 6.42 Å². The van der Waals surface area contributed by atoms with Crippen LogP contribution in [0.5, 0.6) is 0 Å². The lowest BCUT2D eigenvalue weighted by Gasteiger charge is -2.12. The molecule has 1 fully saturated rings. The van der Waals surface area contributed by atoms with Gasteiger partial charge in [0.1, 0.15) is 5.69 Å². The van der Waals surface area contributed by atoms with Crippen molar-refractivity contribution in [2.45, 2.75) is 25.3 Å². The van der Waals surface area contributed by atoms with Gasteiger partial charge in [0.25, 0.3) is 5.91 Å². The zero-order valence-electron chi connectivity index (χ0n) is 9.59. The van der Waals surface area contributed by atoms with E-state index in [1.165, 1.54) is 6.20 Å². The van der Waals surface area contributed by atoms with E-state index in [2.05, 4.69) is 10.3 Å². The largest absolute Gasteiger partial charge is 0.481 e. The summed E-state index contributed by atoms with van der Waals surface area (Å²) < 4.78 is 1.64. The van der Waals surface area contributed by atoms with Gasteiger partial charge in [0.2, 0.25) is 0 Å². The van der Waals surface area contributed by atoms with Gasteiger partial charge in [0.05, 0.1) is 18.4 Å². The van der Waals surface area contributed by atoms with Crippen LogP contribution < -0.4 is 5.32 Å². The number of carbonyl (C=O) groups excluding carboxylic acids is 1. The van der Waals surface area contributed by atoms with Crippen molar-refractivity contribution in [1.82, 2.24) is 14.9 Å². The second-order valence-electron chi connectivity index (χ2n) is 4.41. The van der Waals surface area contributed by atoms with Crippen LogP contribution in [0.3, 0.4) is 0 Å². The van der Waals surface area contributed by atoms with Gasteiger partial charge in [-0.15, -0.1) is 0 Å². The normalized spacial score (nSPS) is 23.6. The van der Waals surface area contributed by atoms with Crippen molar-refractivity contribution in [3.05, 3.63) is 18.2 Å². The third-order valence-corrected chi connectivity index (χ3v) is 3.17. The van der Waals surface area contributed by atoms with Crippen molar-refractivity contribution in [2.24, 2.45) is 13.0 Å². The van der Waals surface area contributed by atoms with Crippen molar-refractivity contribution in [2.75, 3.05) is 0 Å². The van der Waals surface area contributed by atoms with Crippen LogP contribution in [0.4, 0.5) is 0 Å². The van der Waals surface area contributed by atoms with E-state index in [9.17, 15) is 9.59 Å². The molecule has 0 bridgehead atoms. The predicted molar refractivity (Wildman–Crippen MR) is 59.4 cm³/mol. The van der Waals surface area contributed by atoms with E-state index in [1.807, 2.05) is 0 Å². The number of rotatable bonds is 3. The lowest BCUT2D eigenvalue weighted by atomic mass is 10.1. The second-order valence-corrected chi connectivity index (χ2v) is 4.41. The fourth-order valence-corrected chi connectivity index (χ4v) is 2.17. The highest BCUT2D eigenvalue weighted by Crippen LogP contribution is 2.25. The van der Waals surface area contributed by atoms with Crippen LogP contribution in [-0.2, 0) is 11.8 Å². The Morgan fingerprint density at radius 2 is 2.29 bits per heavy atom. The molecule has 6 nitrogen and oxygen atoms in total. The molecule has 0 spiro atoms. The maximum Gasteiger partial charge on any atom is 0.306 e. The standard InChI is InChI=1S/C11H15N3O3/c1-14-6-12-5-9(14)10(15)13-8-3-2-7(4-8)11(16)17/h5-8H,2-4H2,1H3,(H,13,15)(H,16,17)/t7-,8+/m1/s1. The summed E-state index contributed by atoms with van der Waals surface area (Å²) in [4.78, 5) is 26.5. The highest BCUT2D eigenvalue weighted by molar-refractivity contribution is 5.92. The maximum atomic E-state index is 11.8. The molecule has 1 aromatic heterocycles. The van der Waals surface area contributed by atoms with Crippen LogP contribution in [0.15, 0.2) is 12.5 Å². The van der Waals surface area contributed by atoms with Crippen LogP contribution >= 0.6 is 0 Å². The molecule has 2 atom stereocenters. The third kappa shape index (κ3) is 2.46. The van der Waals surface area contributed by atoms with Crippen molar-refractivity contribution >= 4 is 11.9 Å². The number of hydrogen-bond donors (Lipinski definition) is 2. The monoisotopic (exact) mass is 237 g/mol. The van der Waals surface area contributed by atoms with Gasteiger partial charge in [-0.05, 0) is 19.3 Å². The molecule has 1 heterocycles. The lowest BCUT2D eigenvalue weighted by molar-refractivity contribution is -0.141. The minimum atomic E-state index is -0.776. The fraction of sp³-hybridized carbons (Fsp3) is 0.545. The maximum absolute atomic E-state index is 11.8. The summed E-state index contributed by atoms with van der Waals surface area (Å²) in [6.45, 7) is 0. The highest BCUT2D eigenvalue weighted by atomic mass is 16.4. The summed E-state index contributed by atoms with van der Waals surface area (Å²) in [6, 6.07) is -0.0431. The van der Waals surface area contributed by atoms with E-state index < -0.39 is 5.97 Å². The molecule has 0 saturated heterocycles. The lowest BCUT2D eigenvalue weighted by Crippen LogP contribution is -2.34. The Kier molecular flexibility index (Phi) is 3.12. The molecule has 2 rings (SSSR count). The summed E-state index contributed by atoms with van der Waals surface area (Å²) in [5.41, 5.74) is 0.490. The Morgan fingerprint density at radius 1 is 1.53 bits per heavy atom. The smallest absolute Gasteiger partial charge is 0.306 e. The van der Waals surface area contributed by atoms with Gasteiger partial charge in [-0.3, -0.25) is 9.59 Å². The van der Waals surface area contributed by atoms with Crippen molar-refractivity contribution < 1.29 is 14.7 Å². The van der Waals surface area contributed by atoms with Gasteiger partial charge in [-0.25, -0.2) is 4.98 Å². The van der Waals surface area contributed by atoms with Gasteiger partial charge in [0.15, 0.2) is 0 Å². The van der Waals surface area contributed by atoms with E-state index in [0.29, 0.717) is 18.5 Å². The summed E-state index contributed by atoms with van der Waals surface area (Å²) in [6.07, 6.45) is 4.92. The Bertz CT molecular complexity index is 441. The number of nitrogens with zero attached hydrogens (tertiary/aromatic N) is 2. The number of hydrogen-bond acceptors (Lipinski definition) is 3. The molecule has 0 radical (unpaired) electrons. The van der Waals surface area contributed by atoms with Gasteiger partial charge < -0.3 is 15.0 Å². The average molecular weight is 237 g/mol. The number of carboxylic acid groups (broad SMARTS) is 1. The Labute approximate surface area is 98.7 Å². The topological polar surface area (TPSA) is 84.2 Å². The number of aliphatic carboxylic acids is 1. The molecular formula is C11H15N3O3. The number of amides is 1. The number of imidazole rings is 1. The molecule has 0 unspecified atom stereocenters. The number of carboxylic acids is 1. The molecule has 0 aromatic carbocycles. The number of aromatic nitrogens is 2. The first-order valence-electron chi connectivity index (χ1n) is 5.58. The number of carbonyl (C=O) groups is 2. The first kappa shape index (κ1) is 11.6. The zero-order valence-corrected chi connectivity index (χ0v) is 9.59. The SMILES string of the molecule is Cn1cncc1C(=O)N[C@H]1CC[C@@H](C(=O)O)C1. The molecule has 2 N–H and O–H groups in total. The molecule has 0 aliphatic heterocycles. The van der Waals surface area contributed by atoms with Crippen molar-refractivity contribution in [1.29, 1.82) is 0 Å². The van der Waals surface area contributed by atoms with Crippen molar-refractivity contribution in [3.8, 4) is 0 Å². The van der Waals surface area contributed by atoms with Gasteiger partial charge in [-0.1, -0.05) is 0 Å². The Balaban J connectivity index is 1.93. The highest BCUT2D eigenvalue weighted by Gasteiger charge is 2.30. The third-order valence-electron chi connectivity index (χ3n) is 3.17. The average Bonchev–Trinajstić information content (AvgIpc) is 2.86. The molecule has 17 heavy (non-hydrogen) atoms. The number of nitrogens with one attached hydrogen (secondary N) is 1. The van der Waals surface area contributed by atoms with Gasteiger partial charge in [-0.2, -0.15) is 0 Å². The second kappa shape index (κ2) is 4.57. The molecule has 1 aliphatic rings. The van der Waals surface area contributed by atoms with Crippen LogP contribution in [0.1, 0.15) is 29.8 Å². The fourth-order valence-electron chi connectivity index (χ4n) is 2.17. The van der Waals surface area contributed by atoms with Crippen molar-refractivity contribution in [3.63, 3.8) is 0 Å². The molecule has 1 aromatic rings. The molecule has 1 amide bonds. The van der Waals surface area contributed by atoms with Crippen LogP contribution in [0.25, 0.3) is 0 Å². The first-order valence-corrected chi connectivity index (χ1v) is 5.58. The minimum Gasteiger partial charge on any atom is -0.481 e. The van der Waals surface area contributed by atoms with Crippen LogP contribution in [0, 0.1) is 5.92 Å². The van der Waals surface area contributed by atoms with E-state index in [1.54, 1.807) is 17.9 Å². The summed E-state index contributed by atoms with van der Waals surface area (Å²) in [7, 11) is 1.75. The van der Waals surface area contributed by atoms with Gasteiger partial charge >= 0.3 is 5.97 Å². The molecule has 6 heteroatoms. The quantitative estimate of drug-likeness (QED) is 0.797. The Hall–Kier alpha value is -1.85. The molecule has 1 saturated carbocycles. The van der Waals surface area contributed by atoms with E-state index in [4.69, 9.17) is 5.11 Å². The summed E-state index contributed by atoms with van der Waals surface area (Å²) >= 11 is 0. The number of aryl methyl sites for hydroxylation is 1. The predicted octanol–water partition coefficient (Wildman–Crippen LogP) is 0.403. The van der Waals surface area contributed by atoms with Crippen LogP contribution in [-0.4, -0.2) is 32.6 Å². The van der Waals surface area contributed by atoms with Crippen LogP contribution in [0.2, 0.25) is 0 Å². The minimum absolute atomic E-state index is 0.0431. The molecular weight excluding hydrogens is 222 g/mol. The molecule has 1 aliphatic carbocycles. The Morgan fingerprint density at radius 3 is 2.82 bits per heavy atom.